The summed E-state index contributed by atoms with van der Waals surface area (Å²) in [6, 6.07) is 9.34. The maximum absolute atomic E-state index is 13.3. The lowest BCUT2D eigenvalue weighted by atomic mass is 10.1. The molecule has 3 rings (SSSR count). The van der Waals surface area contributed by atoms with Gasteiger partial charge < -0.3 is 4.98 Å². The van der Waals surface area contributed by atoms with E-state index < -0.39 is 17.2 Å². The molecule has 1 N–H and O–H groups in total. The molecule has 5 heteroatoms. The van der Waals surface area contributed by atoms with E-state index in [1.54, 1.807) is 0 Å². The number of H-pyrrole nitrogens is 1. The van der Waals surface area contributed by atoms with Crippen molar-refractivity contribution in [3.05, 3.63) is 63.9 Å². The molecular weight excluding hydrogens is 274 g/mol. The van der Waals surface area contributed by atoms with Crippen LogP contribution in [0, 0.1) is 11.6 Å². The fourth-order valence-corrected chi connectivity index (χ4v) is 2.17. The first-order valence-corrected chi connectivity index (χ1v) is 6.57. The summed E-state index contributed by atoms with van der Waals surface area (Å²) < 4.78 is 26.5. The Labute approximate surface area is 119 Å². The molecule has 3 aromatic rings. The minimum Gasteiger partial charge on any atom is -0.306 e. The SMILES string of the molecule is CCc1ccc(-c2nc3cc(F)c(F)cc3c(=O)[nH]2)cc1. The van der Waals surface area contributed by atoms with Crippen LogP contribution in [0.1, 0.15) is 12.5 Å². The molecule has 0 fully saturated rings. The Bertz CT molecular complexity index is 870. The summed E-state index contributed by atoms with van der Waals surface area (Å²) in [5.41, 5.74) is 1.52. The zero-order chi connectivity index (χ0) is 15.0. The van der Waals surface area contributed by atoms with Gasteiger partial charge in [-0.3, -0.25) is 4.79 Å². The number of nitrogens with one attached hydrogen (secondary N) is 1. The number of fused-ring (bicyclic) bond motifs is 1. The third kappa shape index (κ3) is 2.42. The molecule has 0 atom stereocenters. The van der Waals surface area contributed by atoms with Gasteiger partial charge in [-0.25, -0.2) is 13.8 Å². The van der Waals surface area contributed by atoms with E-state index in [0.717, 1.165) is 29.7 Å². The third-order valence-electron chi connectivity index (χ3n) is 3.38. The Hall–Kier alpha value is -2.56. The number of halogens is 2. The average molecular weight is 286 g/mol. The Kier molecular flexibility index (Phi) is 3.25. The molecule has 0 amide bonds. The van der Waals surface area contributed by atoms with Gasteiger partial charge in [-0.1, -0.05) is 31.2 Å². The lowest BCUT2D eigenvalue weighted by Gasteiger charge is -2.05. The molecule has 0 unspecified atom stereocenters. The van der Waals surface area contributed by atoms with Gasteiger partial charge in [-0.2, -0.15) is 0 Å². The van der Waals surface area contributed by atoms with Gasteiger partial charge in [0.1, 0.15) is 5.82 Å². The van der Waals surface area contributed by atoms with Crippen molar-refractivity contribution in [2.75, 3.05) is 0 Å². The summed E-state index contributed by atoms with van der Waals surface area (Å²) in [6.07, 6.45) is 0.909. The number of hydrogen-bond donors (Lipinski definition) is 1. The molecule has 0 aliphatic heterocycles. The number of hydrogen-bond acceptors (Lipinski definition) is 2. The molecule has 21 heavy (non-hydrogen) atoms. The first-order chi connectivity index (χ1) is 10.1. The third-order valence-corrected chi connectivity index (χ3v) is 3.38. The van der Waals surface area contributed by atoms with Gasteiger partial charge in [0.25, 0.3) is 5.56 Å². The van der Waals surface area contributed by atoms with Gasteiger partial charge in [0.2, 0.25) is 0 Å². The molecule has 2 aromatic carbocycles. The largest absolute Gasteiger partial charge is 0.306 e. The maximum atomic E-state index is 13.3. The summed E-state index contributed by atoms with van der Waals surface area (Å²) in [5, 5.41) is 0.0304. The molecule has 0 saturated heterocycles. The quantitative estimate of drug-likeness (QED) is 0.784. The number of rotatable bonds is 2. The molecule has 0 aliphatic rings. The lowest BCUT2D eigenvalue weighted by Crippen LogP contribution is -2.10. The fraction of sp³-hybridized carbons (Fsp3) is 0.125. The topological polar surface area (TPSA) is 45.8 Å². The minimum absolute atomic E-state index is 0.0304. The Morgan fingerprint density at radius 1 is 1.10 bits per heavy atom. The van der Waals surface area contributed by atoms with Crippen molar-refractivity contribution >= 4 is 10.9 Å². The highest BCUT2D eigenvalue weighted by atomic mass is 19.2. The molecule has 0 radical (unpaired) electrons. The highest BCUT2D eigenvalue weighted by molar-refractivity contribution is 5.79. The molecule has 1 heterocycles. The molecule has 106 valence electrons. The van der Waals surface area contributed by atoms with E-state index in [9.17, 15) is 13.6 Å². The van der Waals surface area contributed by atoms with Crippen LogP contribution < -0.4 is 5.56 Å². The van der Waals surface area contributed by atoms with Crippen LogP contribution in [0.5, 0.6) is 0 Å². The van der Waals surface area contributed by atoms with Crippen LogP contribution in [0.15, 0.2) is 41.2 Å². The highest BCUT2D eigenvalue weighted by Gasteiger charge is 2.10. The monoisotopic (exact) mass is 286 g/mol. The van der Waals surface area contributed by atoms with E-state index in [0.29, 0.717) is 5.82 Å². The normalized spacial score (nSPS) is 11.0. The number of aromatic nitrogens is 2. The first kappa shape index (κ1) is 13.4. The van der Waals surface area contributed by atoms with Gasteiger partial charge in [-0.15, -0.1) is 0 Å². The van der Waals surface area contributed by atoms with Gasteiger partial charge in [0.05, 0.1) is 10.9 Å². The zero-order valence-electron chi connectivity index (χ0n) is 11.3. The second kappa shape index (κ2) is 5.09. The second-order valence-corrected chi connectivity index (χ2v) is 4.75. The Morgan fingerprint density at radius 3 is 2.43 bits per heavy atom. The standard InChI is InChI=1S/C16H12F2N2O/c1-2-9-3-5-10(6-4-9)15-19-14-8-13(18)12(17)7-11(14)16(21)20-15/h3-8H,2H2,1H3,(H,19,20,21). The Morgan fingerprint density at radius 2 is 1.76 bits per heavy atom. The van der Waals surface area contributed by atoms with Crippen LogP contribution in [-0.4, -0.2) is 9.97 Å². The summed E-state index contributed by atoms with van der Waals surface area (Å²) in [7, 11) is 0. The van der Waals surface area contributed by atoms with Crippen LogP contribution in [0.25, 0.3) is 22.3 Å². The summed E-state index contributed by atoms with van der Waals surface area (Å²) in [5.74, 6) is -1.75. The first-order valence-electron chi connectivity index (χ1n) is 6.57. The van der Waals surface area contributed by atoms with Crippen LogP contribution in [0.4, 0.5) is 8.78 Å². The van der Waals surface area contributed by atoms with E-state index in [-0.39, 0.29) is 10.9 Å². The molecule has 0 aliphatic carbocycles. The smallest absolute Gasteiger partial charge is 0.259 e. The van der Waals surface area contributed by atoms with Crippen molar-refractivity contribution in [2.45, 2.75) is 13.3 Å². The summed E-state index contributed by atoms with van der Waals surface area (Å²) in [4.78, 5) is 18.8. The highest BCUT2D eigenvalue weighted by Crippen LogP contribution is 2.19. The Balaban J connectivity index is 2.19. The zero-order valence-corrected chi connectivity index (χ0v) is 11.3. The van der Waals surface area contributed by atoms with Gasteiger partial charge in [0, 0.05) is 11.6 Å². The number of aryl methyl sites for hydroxylation is 1. The van der Waals surface area contributed by atoms with Crippen molar-refractivity contribution in [3.8, 4) is 11.4 Å². The molecule has 0 spiro atoms. The maximum Gasteiger partial charge on any atom is 0.259 e. The van der Waals surface area contributed by atoms with Crippen molar-refractivity contribution in [1.29, 1.82) is 0 Å². The van der Waals surface area contributed by atoms with E-state index >= 15 is 0 Å². The van der Waals surface area contributed by atoms with Crippen LogP contribution >= 0.6 is 0 Å². The molecule has 0 saturated carbocycles. The minimum atomic E-state index is -1.06. The van der Waals surface area contributed by atoms with Gasteiger partial charge >= 0.3 is 0 Å². The number of nitrogens with zero attached hydrogens (tertiary/aromatic N) is 1. The van der Waals surface area contributed by atoms with E-state index in [1.165, 1.54) is 0 Å². The average Bonchev–Trinajstić information content (AvgIpc) is 2.49. The predicted molar refractivity (Wildman–Crippen MR) is 77.1 cm³/mol. The van der Waals surface area contributed by atoms with Crippen molar-refractivity contribution in [1.82, 2.24) is 9.97 Å². The van der Waals surface area contributed by atoms with E-state index in [2.05, 4.69) is 9.97 Å². The van der Waals surface area contributed by atoms with Gasteiger partial charge in [-0.05, 0) is 18.1 Å². The summed E-state index contributed by atoms with van der Waals surface area (Å²) >= 11 is 0. The van der Waals surface area contributed by atoms with Crippen molar-refractivity contribution in [3.63, 3.8) is 0 Å². The molecule has 3 nitrogen and oxygen atoms in total. The van der Waals surface area contributed by atoms with E-state index in [4.69, 9.17) is 0 Å². The van der Waals surface area contributed by atoms with Crippen LogP contribution in [0.3, 0.4) is 0 Å². The number of aromatic amines is 1. The fourth-order valence-electron chi connectivity index (χ4n) is 2.17. The van der Waals surface area contributed by atoms with Crippen molar-refractivity contribution in [2.24, 2.45) is 0 Å². The molecule has 1 aromatic heterocycles. The van der Waals surface area contributed by atoms with E-state index in [1.807, 2.05) is 31.2 Å². The van der Waals surface area contributed by atoms with Crippen LogP contribution in [-0.2, 0) is 6.42 Å². The number of benzene rings is 2. The van der Waals surface area contributed by atoms with Gasteiger partial charge in [0.15, 0.2) is 11.6 Å². The molecule has 0 bridgehead atoms. The van der Waals surface area contributed by atoms with Crippen LogP contribution in [0.2, 0.25) is 0 Å². The predicted octanol–water partition coefficient (Wildman–Crippen LogP) is 3.43. The molecular formula is C16H12F2N2O. The van der Waals surface area contributed by atoms with Crippen molar-refractivity contribution < 1.29 is 8.78 Å². The lowest BCUT2D eigenvalue weighted by molar-refractivity contribution is 0.510. The second-order valence-electron chi connectivity index (χ2n) is 4.75. The summed E-state index contributed by atoms with van der Waals surface area (Å²) in [6.45, 7) is 2.04.